The van der Waals surface area contributed by atoms with E-state index < -0.39 is 0 Å². The highest BCUT2D eigenvalue weighted by molar-refractivity contribution is 7.99. The topological polar surface area (TPSA) is 41.6 Å². The molecule has 0 saturated carbocycles. The monoisotopic (exact) mass is 286 g/mol. The summed E-state index contributed by atoms with van der Waals surface area (Å²) < 4.78 is 10.0. The molecular formula is C15H14N2O2S. The molecule has 0 unspecified atom stereocenters. The van der Waals surface area contributed by atoms with Crippen LogP contribution in [0.25, 0.3) is 11.1 Å². The zero-order valence-corrected chi connectivity index (χ0v) is 11.8. The first-order valence-electron chi connectivity index (χ1n) is 6.25. The number of benzene rings is 2. The molecule has 0 radical (unpaired) electrons. The van der Waals surface area contributed by atoms with E-state index in [1.54, 1.807) is 7.11 Å². The standard InChI is InChI=1S/C15H14N2O2S/c1-19-14-8-7-12(11-5-3-2-4-6-11)9-13(14)17-10-15(18)16-20-17/h2-9H,10H2,1H3,(H,16,18). The number of anilines is 1. The Morgan fingerprint density at radius 2 is 1.95 bits per heavy atom. The first-order chi connectivity index (χ1) is 9.78. The maximum Gasteiger partial charge on any atom is 0.251 e. The molecule has 5 heteroatoms. The molecule has 102 valence electrons. The van der Waals surface area contributed by atoms with Gasteiger partial charge in [0, 0.05) is 0 Å². The van der Waals surface area contributed by atoms with E-state index in [0.29, 0.717) is 6.54 Å². The van der Waals surface area contributed by atoms with Crippen molar-refractivity contribution in [3.63, 3.8) is 0 Å². The highest BCUT2D eigenvalue weighted by Crippen LogP contribution is 2.36. The molecule has 1 amide bonds. The molecule has 1 fully saturated rings. The number of hydrogen-bond acceptors (Lipinski definition) is 4. The average molecular weight is 286 g/mol. The van der Waals surface area contributed by atoms with Gasteiger partial charge in [-0.2, -0.15) is 0 Å². The van der Waals surface area contributed by atoms with Crippen molar-refractivity contribution in [2.45, 2.75) is 0 Å². The fraction of sp³-hybridized carbons (Fsp3) is 0.133. The Morgan fingerprint density at radius 1 is 1.15 bits per heavy atom. The minimum absolute atomic E-state index is 0.00201. The summed E-state index contributed by atoms with van der Waals surface area (Å²) in [6, 6.07) is 16.1. The third-order valence-electron chi connectivity index (χ3n) is 3.11. The van der Waals surface area contributed by atoms with Crippen LogP contribution in [0.2, 0.25) is 0 Å². The molecule has 1 aliphatic rings. The average Bonchev–Trinajstić information content (AvgIpc) is 2.94. The maximum absolute atomic E-state index is 11.4. The molecule has 20 heavy (non-hydrogen) atoms. The van der Waals surface area contributed by atoms with E-state index in [2.05, 4.69) is 16.9 Å². The molecule has 2 aromatic carbocycles. The number of nitrogens with zero attached hydrogens (tertiary/aromatic N) is 1. The Kier molecular flexibility index (Phi) is 3.52. The molecule has 0 atom stereocenters. The highest BCUT2D eigenvalue weighted by Gasteiger charge is 2.23. The van der Waals surface area contributed by atoms with E-state index in [1.165, 1.54) is 12.1 Å². The highest BCUT2D eigenvalue weighted by atomic mass is 32.2. The van der Waals surface area contributed by atoms with Gasteiger partial charge < -0.3 is 4.74 Å². The van der Waals surface area contributed by atoms with Crippen LogP contribution in [0.4, 0.5) is 5.69 Å². The normalized spacial score (nSPS) is 14.2. The predicted molar refractivity (Wildman–Crippen MR) is 81.5 cm³/mol. The van der Waals surface area contributed by atoms with Crippen molar-refractivity contribution in [2.24, 2.45) is 0 Å². The Labute approximate surface area is 122 Å². The molecule has 0 spiro atoms. The van der Waals surface area contributed by atoms with Gasteiger partial charge in [0.15, 0.2) is 0 Å². The second kappa shape index (κ2) is 5.46. The molecule has 0 bridgehead atoms. The van der Waals surface area contributed by atoms with Gasteiger partial charge >= 0.3 is 0 Å². The van der Waals surface area contributed by atoms with Gasteiger partial charge in [0.05, 0.1) is 24.9 Å². The lowest BCUT2D eigenvalue weighted by Crippen LogP contribution is -2.16. The van der Waals surface area contributed by atoms with Crippen LogP contribution in [-0.4, -0.2) is 19.6 Å². The zero-order valence-electron chi connectivity index (χ0n) is 11.0. The van der Waals surface area contributed by atoms with Gasteiger partial charge in [-0.05, 0) is 23.3 Å². The smallest absolute Gasteiger partial charge is 0.251 e. The molecule has 0 aromatic heterocycles. The molecule has 1 heterocycles. The molecule has 1 N–H and O–H groups in total. The SMILES string of the molecule is COc1ccc(-c2ccccc2)cc1N1CC(=O)NS1. The van der Waals surface area contributed by atoms with Gasteiger partial charge in [0.1, 0.15) is 12.3 Å². The lowest BCUT2D eigenvalue weighted by atomic mass is 10.0. The van der Waals surface area contributed by atoms with Crippen LogP contribution in [0.5, 0.6) is 5.75 Å². The lowest BCUT2D eigenvalue weighted by Gasteiger charge is -2.18. The summed E-state index contributed by atoms with van der Waals surface area (Å²) in [5.41, 5.74) is 3.14. The summed E-state index contributed by atoms with van der Waals surface area (Å²) in [6.45, 7) is 0.333. The fourth-order valence-corrected chi connectivity index (χ4v) is 2.83. The number of nitrogens with one attached hydrogen (secondary N) is 1. The lowest BCUT2D eigenvalue weighted by molar-refractivity contribution is -0.117. The second-order valence-electron chi connectivity index (χ2n) is 4.41. The molecule has 1 aliphatic heterocycles. The predicted octanol–water partition coefficient (Wildman–Crippen LogP) is 2.86. The van der Waals surface area contributed by atoms with Crippen LogP contribution in [0.1, 0.15) is 0 Å². The number of carbonyl (C=O) groups excluding carboxylic acids is 1. The molecule has 1 saturated heterocycles. The first kappa shape index (κ1) is 12.9. The van der Waals surface area contributed by atoms with Crippen LogP contribution in [0, 0.1) is 0 Å². The van der Waals surface area contributed by atoms with E-state index in [1.807, 2.05) is 40.7 Å². The van der Waals surface area contributed by atoms with E-state index >= 15 is 0 Å². The Hall–Kier alpha value is -2.14. The molecule has 2 aromatic rings. The van der Waals surface area contributed by atoms with Gasteiger partial charge in [-0.15, -0.1) is 0 Å². The van der Waals surface area contributed by atoms with Gasteiger partial charge in [-0.25, -0.2) is 0 Å². The second-order valence-corrected chi connectivity index (χ2v) is 5.23. The van der Waals surface area contributed by atoms with E-state index in [4.69, 9.17) is 4.74 Å². The first-order valence-corrected chi connectivity index (χ1v) is 7.02. The van der Waals surface area contributed by atoms with Crippen molar-refractivity contribution < 1.29 is 9.53 Å². The summed E-state index contributed by atoms with van der Waals surface area (Å²) in [7, 11) is 1.64. The van der Waals surface area contributed by atoms with Gasteiger partial charge in [0.25, 0.3) is 5.91 Å². The number of rotatable bonds is 3. The molecule has 3 rings (SSSR count). The number of hydrogen-bond donors (Lipinski definition) is 1. The van der Waals surface area contributed by atoms with Crippen LogP contribution in [0.3, 0.4) is 0 Å². The third kappa shape index (κ3) is 2.44. The van der Waals surface area contributed by atoms with Crippen LogP contribution < -0.4 is 13.8 Å². The number of amides is 1. The summed E-state index contributed by atoms with van der Waals surface area (Å²) >= 11 is 1.29. The molecule has 4 nitrogen and oxygen atoms in total. The van der Waals surface area contributed by atoms with Crippen molar-refractivity contribution >= 4 is 23.7 Å². The minimum atomic E-state index is 0.00201. The van der Waals surface area contributed by atoms with Crippen LogP contribution in [0.15, 0.2) is 48.5 Å². The maximum atomic E-state index is 11.4. The van der Waals surface area contributed by atoms with E-state index in [0.717, 1.165) is 22.6 Å². The van der Waals surface area contributed by atoms with Gasteiger partial charge in [-0.3, -0.25) is 13.8 Å². The zero-order chi connectivity index (χ0) is 13.9. The quantitative estimate of drug-likeness (QED) is 0.881. The van der Waals surface area contributed by atoms with Gasteiger partial charge in [-0.1, -0.05) is 36.4 Å². The largest absolute Gasteiger partial charge is 0.495 e. The van der Waals surface area contributed by atoms with Crippen molar-refractivity contribution in [1.82, 2.24) is 4.72 Å². The third-order valence-corrected chi connectivity index (χ3v) is 3.98. The van der Waals surface area contributed by atoms with Crippen molar-refractivity contribution in [3.05, 3.63) is 48.5 Å². The Morgan fingerprint density at radius 3 is 2.60 bits per heavy atom. The Bertz CT molecular complexity index is 631. The summed E-state index contributed by atoms with van der Waals surface area (Å²) in [4.78, 5) is 11.4. The molecule has 0 aliphatic carbocycles. The number of methoxy groups -OCH3 is 1. The fourth-order valence-electron chi connectivity index (χ4n) is 2.13. The summed E-state index contributed by atoms with van der Waals surface area (Å²) in [6.07, 6.45) is 0. The molecular weight excluding hydrogens is 272 g/mol. The van der Waals surface area contributed by atoms with E-state index in [9.17, 15) is 4.79 Å². The van der Waals surface area contributed by atoms with Crippen molar-refractivity contribution in [1.29, 1.82) is 0 Å². The summed E-state index contributed by atoms with van der Waals surface area (Å²) in [5.74, 6) is 0.760. The van der Waals surface area contributed by atoms with Crippen molar-refractivity contribution in [3.8, 4) is 16.9 Å². The summed E-state index contributed by atoms with van der Waals surface area (Å²) in [5, 5.41) is 0. The number of ether oxygens (including phenoxy) is 1. The van der Waals surface area contributed by atoms with Gasteiger partial charge in [0.2, 0.25) is 0 Å². The Balaban J connectivity index is 2.01. The van der Waals surface area contributed by atoms with Crippen molar-refractivity contribution in [2.75, 3.05) is 18.0 Å². The minimum Gasteiger partial charge on any atom is -0.495 e. The van der Waals surface area contributed by atoms with Crippen LogP contribution in [-0.2, 0) is 4.79 Å². The van der Waals surface area contributed by atoms with Crippen LogP contribution >= 0.6 is 12.1 Å². The van der Waals surface area contributed by atoms with E-state index in [-0.39, 0.29) is 5.91 Å². The number of carbonyl (C=O) groups is 1.